The zero-order chi connectivity index (χ0) is 31.5. The average molecular weight is 620 g/mol. The van der Waals surface area contributed by atoms with Gasteiger partial charge in [-0.3, -0.25) is 9.69 Å². The van der Waals surface area contributed by atoms with E-state index in [1.807, 2.05) is 76.9 Å². The second-order valence-electron chi connectivity index (χ2n) is 12.5. The number of hydrogen-bond donors (Lipinski definition) is 1. The smallest absolute Gasteiger partial charge is 0.408 e. The summed E-state index contributed by atoms with van der Waals surface area (Å²) in [4.78, 5) is 31.0. The van der Waals surface area contributed by atoms with E-state index in [0.29, 0.717) is 25.9 Å². The van der Waals surface area contributed by atoms with Crippen molar-refractivity contribution in [3.63, 3.8) is 0 Å². The first kappa shape index (κ1) is 31.1. The molecule has 1 N–H and O–H groups in total. The molecular weight excluding hydrogens is 579 g/mol. The van der Waals surface area contributed by atoms with Crippen molar-refractivity contribution < 1.29 is 27.5 Å². The molecule has 45 heavy (non-hydrogen) atoms. The van der Waals surface area contributed by atoms with Gasteiger partial charge in [-0.25, -0.2) is 4.79 Å². The fourth-order valence-corrected chi connectivity index (χ4v) is 7.63. The minimum Gasteiger partial charge on any atom is -0.433 e. The van der Waals surface area contributed by atoms with Crippen LogP contribution in [0.2, 0.25) is 0 Å². The second-order valence-corrected chi connectivity index (χ2v) is 12.5. The molecule has 9 heteroatoms. The van der Waals surface area contributed by atoms with Crippen molar-refractivity contribution in [3.05, 3.63) is 95.6 Å². The summed E-state index contributed by atoms with van der Waals surface area (Å²) in [5, 5.41) is 1.90. The molecule has 3 aliphatic rings. The zero-order valence-electron chi connectivity index (χ0n) is 25.5. The first-order valence-corrected chi connectivity index (χ1v) is 16.0. The number of piperazine rings is 1. The number of nitrogens with one attached hydrogen (secondary N) is 1. The number of amides is 2. The van der Waals surface area contributed by atoms with Crippen molar-refractivity contribution >= 4 is 12.0 Å². The lowest BCUT2D eigenvalue weighted by Gasteiger charge is -2.40. The quantitative estimate of drug-likeness (QED) is 0.262. The third-order valence-electron chi connectivity index (χ3n) is 9.82. The largest absolute Gasteiger partial charge is 0.433 e. The number of ether oxygens (including phenoxy) is 1. The van der Waals surface area contributed by atoms with Crippen molar-refractivity contribution in [2.24, 2.45) is 0 Å². The molecule has 0 bridgehead atoms. The number of alkyl halides is 3. The van der Waals surface area contributed by atoms with E-state index in [1.165, 1.54) is 0 Å². The predicted molar refractivity (Wildman–Crippen MR) is 167 cm³/mol. The number of alkyl carbamates (subject to hydrolysis) is 1. The van der Waals surface area contributed by atoms with E-state index in [2.05, 4.69) is 17.0 Å². The zero-order valence-corrected chi connectivity index (χ0v) is 25.5. The number of hydrogen-bond acceptors (Lipinski definition) is 4. The molecule has 3 aromatic rings. The van der Waals surface area contributed by atoms with Gasteiger partial charge in [-0.2, -0.15) is 13.2 Å². The Balaban J connectivity index is 1.09. The van der Waals surface area contributed by atoms with Crippen molar-refractivity contribution in [3.8, 4) is 11.1 Å². The Kier molecular flexibility index (Phi) is 8.91. The van der Waals surface area contributed by atoms with Gasteiger partial charge in [-0.15, -0.1) is 0 Å². The predicted octanol–water partition coefficient (Wildman–Crippen LogP) is 7.03. The fraction of sp³-hybridized carbons (Fsp3) is 0.444. The summed E-state index contributed by atoms with van der Waals surface area (Å²) < 4.78 is 44.6. The SMILES string of the molecule is O=C(NCC(F)(F)F)OC1(CCCCN2CCN(C(=O)C3(c4ccccc4)CCCC3)CC2)c2ccccc2-c2ccccc21. The molecular formula is C36H40F3N3O3. The Hall–Kier alpha value is -3.85. The summed E-state index contributed by atoms with van der Waals surface area (Å²) in [6, 6.07) is 25.5. The third-order valence-corrected chi connectivity index (χ3v) is 9.82. The van der Waals surface area contributed by atoms with Crippen molar-refractivity contribution in [2.75, 3.05) is 39.3 Å². The highest BCUT2D eigenvalue weighted by atomic mass is 19.4. The Bertz CT molecular complexity index is 1450. The molecule has 1 saturated heterocycles. The van der Waals surface area contributed by atoms with Gasteiger partial charge in [0.1, 0.15) is 6.54 Å². The number of benzene rings is 3. The molecule has 238 valence electrons. The van der Waals surface area contributed by atoms with Gasteiger partial charge in [-0.05, 0) is 55.3 Å². The first-order chi connectivity index (χ1) is 21.7. The van der Waals surface area contributed by atoms with E-state index in [4.69, 9.17) is 4.74 Å². The highest BCUT2D eigenvalue weighted by Gasteiger charge is 2.47. The number of fused-ring (bicyclic) bond motifs is 3. The molecule has 0 atom stereocenters. The van der Waals surface area contributed by atoms with Crippen LogP contribution in [-0.4, -0.2) is 67.2 Å². The van der Waals surface area contributed by atoms with Crippen LogP contribution in [0.5, 0.6) is 0 Å². The van der Waals surface area contributed by atoms with Crippen LogP contribution in [0.4, 0.5) is 18.0 Å². The van der Waals surface area contributed by atoms with Crippen LogP contribution in [0.3, 0.4) is 0 Å². The lowest BCUT2D eigenvalue weighted by molar-refractivity contribution is -0.139. The molecule has 0 aromatic heterocycles. The molecule has 3 aromatic carbocycles. The maximum absolute atomic E-state index is 13.9. The average Bonchev–Trinajstić information content (AvgIpc) is 3.66. The van der Waals surface area contributed by atoms with Crippen molar-refractivity contribution in [1.29, 1.82) is 0 Å². The van der Waals surface area contributed by atoms with Crippen LogP contribution < -0.4 is 5.32 Å². The van der Waals surface area contributed by atoms with Crippen LogP contribution in [0.15, 0.2) is 78.9 Å². The fourth-order valence-electron chi connectivity index (χ4n) is 7.63. The number of halogens is 3. The van der Waals surface area contributed by atoms with E-state index in [0.717, 1.165) is 79.6 Å². The number of rotatable bonds is 9. The van der Waals surface area contributed by atoms with Crippen LogP contribution in [0, 0.1) is 0 Å². The molecule has 2 fully saturated rings. The number of nitrogens with zero attached hydrogens (tertiary/aromatic N) is 2. The van der Waals surface area contributed by atoms with Crippen molar-refractivity contribution in [1.82, 2.24) is 15.1 Å². The van der Waals surface area contributed by atoms with E-state index >= 15 is 0 Å². The van der Waals surface area contributed by atoms with Gasteiger partial charge in [0, 0.05) is 37.3 Å². The maximum atomic E-state index is 13.9. The Morgan fingerprint density at radius 3 is 1.96 bits per heavy atom. The third kappa shape index (κ3) is 6.32. The van der Waals surface area contributed by atoms with E-state index in [1.54, 1.807) is 0 Å². The van der Waals surface area contributed by atoms with Crippen molar-refractivity contribution in [2.45, 2.75) is 62.1 Å². The summed E-state index contributed by atoms with van der Waals surface area (Å²) in [5.41, 5.74) is 2.98. The van der Waals surface area contributed by atoms with Crippen LogP contribution >= 0.6 is 0 Å². The van der Waals surface area contributed by atoms with Gasteiger partial charge < -0.3 is 15.0 Å². The lowest BCUT2D eigenvalue weighted by atomic mass is 9.77. The van der Waals surface area contributed by atoms with Crippen LogP contribution in [-0.2, 0) is 20.5 Å². The highest BCUT2D eigenvalue weighted by Crippen LogP contribution is 2.52. The summed E-state index contributed by atoms with van der Waals surface area (Å²) in [6.45, 7) is 2.35. The number of unbranched alkanes of at least 4 members (excludes halogenated alkanes) is 1. The number of carbonyl (C=O) groups is 2. The number of carbonyl (C=O) groups excluding carboxylic acids is 2. The normalized spacial score (nSPS) is 18.7. The molecule has 0 radical (unpaired) electrons. The summed E-state index contributed by atoms with van der Waals surface area (Å²) >= 11 is 0. The molecule has 6 nitrogen and oxygen atoms in total. The Morgan fingerprint density at radius 2 is 1.36 bits per heavy atom. The van der Waals surface area contributed by atoms with Gasteiger partial charge in [-0.1, -0.05) is 91.7 Å². The van der Waals surface area contributed by atoms with Gasteiger partial charge >= 0.3 is 12.3 Å². The maximum Gasteiger partial charge on any atom is 0.408 e. The molecule has 0 unspecified atom stereocenters. The summed E-state index contributed by atoms with van der Waals surface area (Å²) in [5.74, 6) is 0.257. The molecule has 1 saturated carbocycles. The van der Waals surface area contributed by atoms with Gasteiger partial charge in [0.25, 0.3) is 0 Å². The molecule has 1 aliphatic heterocycles. The minimum absolute atomic E-state index is 0.257. The first-order valence-electron chi connectivity index (χ1n) is 16.0. The van der Waals surface area contributed by atoms with Crippen LogP contribution in [0.1, 0.15) is 61.6 Å². The highest BCUT2D eigenvalue weighted by molar-refractivity contribution is 5.89. The molecule has 1 heterocycles. The summed E-state index contributed by atoms with van der Waals surface area (Å²) in [6.07, 6.45) is 0.294. The topological polar surface area (TPSA) is 61.9 Å². The van der Waals surface area contributed by atoms with E-state index in [-0.39, 0.29) is 5.91 Å². The Labute approximate surface area is 262 Å². The van der Waals surface area contributed by atoms with E-state index in [9.17, 15) is 22.8 Å². The van der Waals surface area contributed by atoms with Gasteiger partial charge in [0.05, 0.1) is 5.41 Å². The lowest BCUT2D eigenvalue weighted by Crippen LogP contribution is -2.54. The Morgan fingerprint density at radius 1 is 0.778 bits per heavy atom. The monoisotopic (exact) mass is 619 g/mol. The molecule has 6 rings (SSSR count). The molecule has 0 spiro atoms. The van der Waals surface area contributed by atoms with Crippen LogP contribution in [0.25, 0.3) is 11.1 Å². The van der Waals surface area contributed by atoms with Gasteiger partial charge in [0.15, 0.2) is 5.60 Å². The van der Waals surface area contributed by atoms with E-state index < -0.39 is 29.8 Å². The molecule has 2 aliphatic carbocycles. The van der Waals surface area contributed by atoms with Gasteiger partial charge in [0.2, 0.25) is 5.91 Å². The summed E-state index contributed by atoms with van der Waals surface area (Å²) in [7, 11) is 0. The molecule has 2 amide bonds. The standard InChI is InChI=1S/C36H40F3N3O3/c37-36(38,39)26-40-33(44)45-35(30-16-6-4-14-28(30)29-15-5-7-17-31(29)35)20-10-11-21-41-22-24-42(25-23-41)32(43)34(18-8-9-19-34)27-12-2-1-3-13-27/h1-7,12-17H,8-11,18-26H2,(H,40,44). The minimum atomic E-state index is -4.54. The second kappa shape index (κ2) is 12.9.